The highest BCUT2D eigenvalue weighted by atomic mass is 16.5. The van der Waals surface area contributed by atoms with Crippen molar-refractivity contribution < 1.29 is 28.6 Å². The van der Waals surface area contributed by atoms with Gasteiger partial charge in [0.15, 0.2) is 5.41 Å². The van der Waals surface area contributed by atoms with Crippen LogP contribution in [0.1, 0.15) is 19.8 Å². The van der Waals surface area contributed by atoms with Crippen LogP contribution in [0.5, 0.6) is 0 Å². The number of hydrogen-bond acceptors (Lipinski definition) is 6. The van der Waals surface area contributed by atoms with E-state index < -0.39 is 23.3 Å². The topological polar surface area (TPSA) is 78.9 Å². The summed E-state index contributed by atoms with van der Waals surface area (Å²) >= 11 is 0. The lowest BCUT2D eigenvalue weighted by molar-refractivity contribution is -0.168. The van der Waals surface area contributed by atoms with E-state index in [0.29, 0.717) is 0 Å². The normalized spacial score (nSPS) is 10.5. The number of carbonyl (C=O) groups is 3. The van der Waals surface area contributed by atoms with Gasteiger partial charge in [0.05, 0.1) is 21.3 Å². The first-order valence-corrected chi connectivity index (χ1v) is 4.66. The number of ether oxygens (including phenoxy) is 3. The summed E-state index contributed by atoms with van der Waals surface area (Å²) in [6.45, 7) is 1.37. The second-order valence-electron chi connectivity index (χ2n) is 3.39. The highest BCUT2D eigenvalue weighted by Gasteiger charge is 2.43. The van der Waals surface area contributed by atoms with Gasteiger partial charge in [-0.2, -0.15) is 0 Å². The second-order valence-corrected chi connectivity index (χ2v) is 3.39. The standard InChI is InChI=1S/C10H16O6/c1-10(8(12)15-3,9(13)16-4)6-5-7(11)14-2/h5-6H2,1-4H3. The van der Waals surface area contributed by atoms with Crippen LogP contribution in [-0.4, -0.2) is 39.2 Å². The maximum Gasteiger partial charge on any atom is 0.322 e. The average Bonchev–Trinajstić information content (AvgIpc) is 2.32. The zero-order chi connectivity index (χ0) is 12.8. The molecule has 0 atom stereocenters. The van der Waals surface area contributed by atoms with Gasteiger partial charge in [0.2, 0.25) is 0 Å². The molecular formula is C10H16O6. The van der Waals surface area contributed by atoms with Crippen LogP contribution in [0.3, 0.4) is 0 Å². The lowest BCUT2D eigenvalue weighted by atomic mass is 9.85. The SMILES string of the molecule is COC(=O)CCC(C)(C(=O)OC)C(=O)OC. The van der Waals surface area contributed by atoms with Crippen LogP contribution in [0.4, 0.5) is 0 Å². The predicted octanol–water partition coefficient (Wildman–Crippen LogP) is 0.292. The van der Waals surface area contributed by atoms with Gasteiger partial charge in [-0.25, -0.2) is 0 Å². The molecule has 0 saturated carbocycles. The maximum absolute atomic E-state index is 11.5. The van der Waals surface area contributed by atoms with Crippen molar-refractivity contribution in [1.82, 2.24) is 0 Å². The Morgan fingerprint density at radius 3 is 1.69 bits per heavy atom. The molecule has 0 bridgehead atoms. The highest BCUT2D eigenvalue weighted by molar-refractivity contribution is 5.99. The molecule has 0 radical (unpaired) electrons. The molecule has 0 spiro atoms. The van der Waals surface area contributed by atoms with Gasteiger partial charge in [-0.1, -0.05) is 0 Å². The van der Waals surface area contributed by atoms with Crippen molar-refractivity contribution in [2.45, 2.75) is 19.8 Å². The molecule has 92 valence electrons. The van der Waals surface area contributed by atoms with E-state index in [9.17, 15) is 14.4 Å². The van der Waals surface area contributed by atoms with Crippen molar-refractivity contribution >= 4 is 17.9 Å². The highest BCUT2D eigenvalue weighted by Crippen LogP contribution is 2.26. The quantitative estimate of drug-likeness (QED) is 0.385. The Balaban J connectivity index is 4.74. The van der Waals surface area contributed by atoms with Crippen LogP contribution in [0.2, 0.25) is 0 Å². The molecule has 0 unspecified atom stereocenters. The lowest BCUT2D eigenvalue weighted by Gasteiger charge is -2.22. The molecule has 16 heavy (non-hydrogen) atoms. The summed E-state index contributed by atoms with van der Waals surface area (Å²) in [4.78, 5) is 33.9. The summed E-state index contributed by atoms with van der Waals surface area (Å²) in [5, 5.41) is 0. The molecule has 0 rings (SSSR count). The van der Waals surface area contributed by atoms with Crippen LogP contribution in [0, 0.1) is 5.41 Å². The Morgan fingerprint density at radius 1 is 0.938 bits per heavy atom. The van der Waals surface area contributed by atoms with Crippen molar-refractivity contribution in [3.63, 3.8) is 0 Å². The van der Waals surface area contributed by atoms with E-state index in [-0.39, 0.29) is 12.8 Å². The molecule has 0 heterocycles. The van der Waals surface area contributed by atoms with E-state index in [1.165, 1.54) is 28.3 Å². The van der Waals surface area contributed by atoms with Crippen molar-refractivity contribution in [2.24, 2.45) is 5.41 Å². The van der Waals surface area contributed by atoms with Gasteiger partial charge in [-0.05, 0) is 13.3 Å². The van der Waals surface area contributed by atoms with E-state index in [0.717, 1.165) is 0 Å². The molecule has 0 amide bonds. The average molecular weight is 232 g/mol. The first-order chi connectivity index (χ1) is 7.42. The van der Waals surface area contributed by atoms with Crippen molar-refractivity contribution in [2.75, 3.05) is 21.3 Å². The third kappa shape index (κ3) is 3.22. The summed E-state index contributed by atoms with van der Waals surface area (Å²) in [5.41, 5.74) is -1.47. The summed E-state index contributed by atoms with van der Waals surface area (Å²) < 4.78 is 13.5. The molecule has 0 aromatic heterocycles. The van der Waals surface area contributed by atoms with E-state index in [1.807, 2.05) is 0 Å². The van der Waals surface area contributed by atoms with Crippen LogP contribution in [0.15, 0.2) is 0 Å². The summed E-state index contributed by atoms with van der Waals surface area (Å²) in [5.74, 6) is -1.97. The number of rotatable bonds is 5. The number of esters is 3. The Hall–Kier alpha value is -1.59. The van der Waals surface area contributed by atoms with Gasteiger partial charge in [0.25, 0.3) is 0 Å². The van der Waals surface area contributed by atoms with Gasteiger partial charge in [-0.3, -0.25) is 14.4 Å². The van der Waals surface area contributed by atoms with Gasteiger partial charge < -0.3 is 14.2 Å². The summed E-state index contributed by atoms with van der Waals surface area (Å²) in [6.07, 6.45) is -0.0732. The molecule has 0 aromatic rings. The van der Waals surface area contributed by atoms with Crippen molar-refractivity contribution in [1.29, 1.82) is 0 Å². The molecule has 0 saturated heterocycles. The van der Waals surface area contributed by atoms with Crippen LogP contribution in [0.25, 0.3) is 0 Å². The Bertz CT molecular complexity index is 267. The summed E-state index contributed by atoms with van der Waals surface area (Å²) in [7, 11) is 3.57. The fourth-order valence-electron chi connectivity index (χ4n) is 1.19. The number of carbonyl (C=O) groups excluding carboxylic acids is 3. The molecular weight excluding hydrogens is 216 g/mol. The van der Waals surface area contributed by atoms with E-state index in [1.54, 1.807) is 0 Å². The van der Waals surface area contributed by atoms with Gasteiger partial charge >= 0.3 is 17.9 Å². The lowest BCUT2D eigenvalue weighted by Crippen LogP contribution is -2.39. The van der Waals surface area contributed by atoms with Gasteiger partial charge in [0.1, 0.15) is 0 Å². The molecule has 0 aliphatic carbocycles. The Kier molecular flexibility index (Phi) is 5.49. The molecule has 0 aliphatic rings. The van der Waals surface area contributed by atoms with E-state index in [4.69, 9.17) is 0 Å². The third-order valence-corrected chi connectivity index (χ3v) is 2.33. The van der Waals surface area contributed by atoms with Crippen LogP contribution >= 0.6 is 0 Å². The Labute approximate surface area is 93.8 Å². The predicted molar refractivity (Wildman–Crippen MR) is 53.4 cm³/mol. The fourth-order valence-corrected chi connectivity index (χ4v) is 1.19. The van der Waals surface area contributed by atoms with Crippen molar-refractivity contribution in [3.8, 4) is 0 Å². The van der Waals surface area contributed by atoms with Crippen LogP contribution < -0.4 is 0 Å². The zero-order valence-corrected chi connectivity index (χ0v) is 9.86. The summed E-state index contributed by atoms with van der Waals surface area (Å²) in [6, 6.07) is 0. The first kappa shape index (κ1) is 14.4. The minimum Gasteiger partial charge on any atom is -0.469 e. The molecule has 0 aliphatic heterocycles. The monoisotopic (exact) mass is 232 g/mol. The number of methoxy groups -OCH3 is 3. The molecule has 6 nitrogen and oxygen atoms in total. The fraction of sp³-hybridized carbons (Fsp3) is 0.700. The molecule has 0 N–H and O–H groups in total. The molecule has 0 aromatic carbocycles. The Morgan fingerprint density at radius 2 is 1.38 bits per heavy atom. The zero-order valence-electron chi connectivity index (χ0n) is 9.86. The molecule has 6 heteroatoms. The third-order valence-electron chi connectivity index (χ3n) is 2.33. The van der Waals surface area contributed by atoms with Crippen LogP contribution in [-0.2, 0) is 28.6 Å². The number of hydrogen-bond donors (Lipinski definition) is 0. The largest absolute Gasteiger partial charge is 0.469 e. The van der Waals surface area contributed by atoms with Gasteiger partial charge in [-0.15, -0.1) is 0 Å². The van der Waals surface area contributed by atoms with Crippen molar-refractivity contribution in [3.05, 3.63) is 0 Å². The minimum atomic E-state index is -1.47. The second kappa shape index (κ2) is 6.09. The minimum absolute atomic E-state index is 0.0149. The van der Waals surface area contributed by atoms with Gasteiger partial charge in [0, 0.05) is 6.42 Å². The smallest absolute Gasteiger partial charge is 0.322 e. The van der Waals surface area contributed by atoms with E-state index in [2.05, 4.69) is 14.2 Å². The maximum atomic E-state index is 11.5. The van der Waals surface area contributed by atoms with E-state index >= 15 is 0 Å². The first-order valence-electron chi connectivity index (χ1n) is 4.66. The molecule has 0 fully saturated rings.